The Hall–Kier alpha value is -3.06. The molecule has 1 aliphatic carbocycles. The maximum absolute atomic E-state index is 2.44. The first-order chi connectivity index (χ1) is 12.8. The van der Waals surface area contributed by atoms with Gasteiger partial charge in [-0.2, -0.15) is 0 Å². The molecule has 1 aliphatic rings. The van der Waals surface area contributed by atoms with E-state index in [1.165, 1.54) is 54.8 Å². The molecule has 1 nitrogen and oxygen atoms in total. The highest BCUT2D eigenvalue weighted by atomic mass is 15.0. The minimum Gasteiger partial charge on any atom is -0.341 e. The van der Waals surface area contributed by atoms with Gasteiger partial charge in [0.2, 0.25) is 0 Å². The molecule has 1 heterocycles. The molecule has 4 aromatic carbocycles. The summed E-state index contributed by atoms with van der Waals surface area (Å²) in [6.07, 6.45) is 1.05. The summed E-state index contributed by atoms with van der Waals surface area (Å²) in [6, 6.07) is 27.2. The number of hydrogen-bond donors (Lipinski definition) is 0. The third-order valence-electron chi connectivity index (χ3n) is 5.96. The van der Waals surface area contributed by atoms with E-state index in [1.807, 2.05) is 0 Å². The van der Waals surface area contributed by atoms with Crippen molar-refractivity contribution in [2.75, 3.05) is 0 Å². The van der Waals surface area contributed by atoms with E-state index < -0.39 is 0 Å². The van der Waals surface area contributed by atoms with Crippen LogP contribution in [0.25, 0.3) is 43.7 Å². The van der Waals surface area contributed by atoms with Crippen LogP contribution in [0, 0.1) is 0 Å². The van der Waals surface area contributed by atoms with Crippen molar-refractivity contribution < 1.29 is 0 Å². The van der Waals surface area contributed by atoms with Crippen molar-refractivity contribution in [1.82, 2.24) is 4.57 Å². The topological polar surface area (TPSA) is 4.93 Å². The van der Waals surface area contributed by atoms with Crippen molar-refractivity contribution in [1.29, 1.82) is 0 Å². The molecule has 1 heteroatoms. The van der Waals surface area contributed by atoms with E-state index in [4.69, 9.17) is 0 Å². The van der Waals surface area contributed by atoms with Gasteiger partial charge in [-0.3, -0.25) is 0 Å². The third kappa shape index (κ3) is 1.75. The van der Waals surface area contributed by atoms with E-state index in [9.17, 15) is 0 Å². The molecule has 0 fully saturated rings. The lowest BCUT2D eigenvalue weighted by molar-refractivity contribution is 0.827. The van der Waals surface area contributed by atoms with Gasteiger partial charge in [0, 0.05) is 28.4 Å². The fourth-order valence-electron chi connectivity index (χ4n) is 4.77. The first-order valence-electron chi connectivity index (χ1n) is 9.39. The maximum Gasteiger partial charge on any atom is 0.0497 e. The molecule has 26 heavy (non-hydrogen) atoms. The van der Waals surface area contributed by atoms with Crippen molar-refractivity contribution in [3.05, 3.63) is 83.9 Å². The predicted molar refractivity (Wildman–Crippen MR) is 111 cm³/mol. The van der Waals surface area contributed by atoms with Crippen molar-refractivity contribution in [3.8, 4) is 11.1 Å². The summed E-state index contributed by atoms with van der Waals surface area (Å²) in [6.45, 7) is 3.22. The molecule has 0 radical (unpaired) electrons. The first kappa shape index (κ1) is 14.1. The van der Waals surface area contributed by atoms with Crippen molar-refractivity contribution in [2.45, 2.75) is 19.9 Å². The van der Waals surface area contributed by atoms with Gasteiger partial charge in [0.15, 0.2) is 0 Å². The smallest absolute Gasteiger partial charge is 0.0497 e. The number of nitrogens with zero attached hydrogens (tertiary/aromatic N) is 1. The molecule has 0 saturated carbocycles. The average Bonchev–Trinajstić information content (AvgIpc) is 3.19. The molecule has 0 amide bonds. The lowest BCUT2D eigenvalue weighted by Crippen LogP contribution is -1.92. The summed E-state index contributed by atoms with van der Waals surface area (Å²) in [4.78, 5) is 0. The van der Waals surface area contributed by atoms with Crippen LogP contribution in [0.15, 0.2) is 72.8 Å². The van der Waals surface area contributed by atoms with Crippen molar-refractivity contribution in [2.24, 2.45) is 0 Å². The Labute approximate surface area is 152 Å². The number of aryl methyl sites for hydroxylation is 1. The molecular weight excluding hydrogens is 314 g/mol. The molecule has 0 atom stereocenters. The monoisotopic (exact) mass is 333 g/mol. The van der Waals surface area contributed by atoms with Gasteiger partial charge in [0.05, 0.1) is 0 Å². The molecule has 124 valence electrons. The first-order valence-corrected chi connectivity index (χ1v) is 9.39. The van der Waals surface area contributed by atoms with E-state index in [1.54, 1.807) is 0 Å². The van der Waals surface area contributed by atoms with Crippen LogP contribution in [-0.4, -0.2) is 4.57 Å². The third-order valence-corrected chi connectivity index (χ3v) is 5.96. The summed E-state index contributed by atoms with van der Waals surface area (Å²) in [5.41, 5.74) is 8.39. The van der Waals surface area contributed by atoms with Crippen LogP contribution >= 0.6 is 0 Å². The van der Waals surface area contributed by atoms with Crippen LogP contribution in [-0.2, 0) is 13.0 Å². The molecule has 0 bridgehead atoms. The summed E-state index contributed by atoms with van der Waals surface area (Å²) in [7, 11) is 0. The minimum absolute atomic E-state index is 0.992. The normalized spacial score (nSPS) is 12.8. The zero-order valence-corrected chi connectivity index (χ0v) is 14.8. The standard InChI is InChI=1S/C25H19N/c1-2-26-24-10-6-5-9-21(24)23-14-18-13-22-19(12-17(18)15-25(23)26)11-16-7-3-4-8-20(16)22/h3-10,12-15H,2,11H2,1H3. The molecule has 0 saturated heterocycles. The van der Waals surface area contributed by atoms with Crippen molar-refractivity contribution >= 4 is 32.6 Å². The summed E-state index contributed by atoms with van der Waals surface area (Å²) < 4.78 is 2.44. The van der Waals surface area contributed by atoms with E-state index in [-0.39, 0.29) is 0 Å². The Morgan fingerprint density at radius 2 is 1.50 bits per heavy atom. The summed E-state index contributed by atoms with van der Waals surface area (Å²) in [5, 5.41) is 5.40. The van der Waals surface area contributed by atoms with E-state index in [0.29, 0.717) is 0 Å². The van der Waals surface area contributed by atoms with Gasteiger partial charge in [-0.05, 0) is 70.6 Å². The van der Waals surface area contributed by atoms with E-state index in [0.717, 1.165) is 13.0 Å². The Morgan fingerprint density at radius 1 is 0.692 bits per heavy atom. The second-order valence-electron chi connectivity index (χ2n) is 7.32. The summed E-state index contributed by atoms with van der Waals surface area (Å²) >= 11 is 0. The van der Waals surface area contributed by atoms with Gasteiger partial charge in [-0.25, -0.2) is 0 Å². The number of hydrogen-bond acceptors (Lipinski definition) is 0. The SMILES string of the molecule is CCn1c2ccccc2c2cc3cc4c(cc3cc21)Cc1ccccc1-4. The summed E-state index contributed by atoms with van der Waals surface area (Å²) in [5.74, 6) is 0. The van der Waals surface area contributed by atoms with Gasteiger partial charge in [-0.15, -0.1) is 0 Å². The lowest BCUT2D eigenvalue weighted by Gasteiger charge is -2.07. The van der Waals surface area contributed by atoms with E-state index in [2.05, 4.69) is 84.3 Å². The fourth-order valence-corrected chi connectivity index (χ4v) is 4.77. The Balaban J connectivity index is 1.72. The van der Waals surface area contributed by atoms with Gasteiger partial charge < -0.3 is 4.57 Å². The molecule has 0 aliphatic heterocycles. The Bertz CT molecular complexity index is 1340. The number of benzene rings is 4. The highest BCUT2D eigenvalue weighted by Gasteiger charge is 2.19. The van der Waals surface area contributed by atoms with Crippen LogP contribution in [0.3, 0.4) is 0 Å². The molecule has 5 aromatic rings. The van der Waals surface area contributed by atoms with Gasteiger partial charge in [-0.1, -0.05) is 48.5 Å². The molecule has 6 rings (SSSR count). The molecule has 0 unspecified atom stereocenters. The van der Waals surface area contributed by atoms with Gasteiger partial charge in [0.1, 0.15) is 0 Å². The van der Waals surface area contributed by atoms with E-state index >= 15 is 0 Å². The molecule has 0 spiro atoms. The number of fused-ring (bicyclic) bond motifs is 7. The Kier molecular flexibility index (Phi) is 2.71. The highest BCUT2D eigenvalue weighted by molar-refractivity contribution is 6.13. The average molecular weight is 333 g/mol. The zero-order chi connectivity index (χ0) is 17.3. The van der Waals surface area contributed by atoms with Crippen LogP contribution in [0.5, 0.6) is 0 Å². The number of rotatable bonds is 1. The molecular formula is C25H19N. The van der Waals surface area contributed by atoms with Crippen LogP contribution in [0.1, 0.15) is 18.1 Å². The Morgan fingerprint density at radius 3 is 2.42 bits per heavy atom. The van der Waals surface area contributed by atoms with Crippen molar-refractivity contribution in [3.63, 3.8) is 0 Å². The van der Waals surface area contributed by atoms with Crippen LogP contribution in [0.2, 0.25) is 0 Å². The van der Waals surface area contributed by atoms with Crippen LogP contribution in [0.4, 0.5) is 0 Å². The quantitative estimate of drug-likeness (QED) is 0.322. The minimum atomic E-state index is 0.992. The second kappa shape index (κ2) is 4.98. The highest BCUT2D eigenvalue weighted by Crippen LogP contribution is 2.40. The van der Waals surface area contributed by atoms with Gasteiger partial charge in [0.25, 0.3) is 0 Å². The zero-order valence-electron chi connectivity index (χ0n) is 14.8. The number of para-hydroxylation sites is 1. The predicted octanol–water partition coefficient (Wildman–Crippen LogP) is 6.54. The van der Waals surface area contributed by atoms with Crippen LogP contribution < -0.4 is 0 Å². The maximum atomic E-state index is 2.44. The number of aromatic nitrogens is 1. The van der Waals surface area contributed by atoms with Gasteiger partial charge >= 0.3 is 0 Å². The fraction of sp³-hybridized carbons (Fsp3) is 0.120. The largest absolute Gasteiger partial charge is 0.341 e. The lowest BCUT2D eigenvalue weighted by atomic mass is 9.99. The molecule has 1 aromatic heterocycles. The molecule has 0 N–H and O–H groups in total. The second-order valence-corrected chi connectivity index (χ2v) is 7.32.